The van der Waals surface area contributed by atoms with Crippen LogP contribution in [0.15, 0.2) is 36.2 Å². The molecule has 0 amide bonds. The number of halogens is 1. The van der Waals surface area contributed by atoms with E-state index in [1.54, 1.807) is 24.4 Å². The van der Waals surface area contributed by atoms with Crippen molar-refractivity contribution in [3.63, 3.8) is 0 Å². The van der Waals surface area contributed by atoms with Crippen LogP contribution in [0.2, 0.25) is 0 Å². The molecule has 0 saturated carbocycles. The van der Waals surface area contributed by atoms with Crippen LogP contribution in [0.3, 0.4) is 0 Å². The van der Waals surface area contributed by atoms with Crippen LogP contribution in [0.4, 0.5) is 10.1 Å². The Kier molecular flexibility index (Phi) is 4.27. The Morgan fingerprint density at radius 3 is 2.76 bits per heavy atom. The van der Waals surface area contributed by atoms with Crippen molar-refractivity contribution >= 4 is 5.69 Å². The Balaban J connectivity index is 2.24. The van der Waals surface area contributed by atoms with Gasteiger partial charge in [0.15, 0.2) is 0 Å². The molecule has 0 radical (unpaired) electrons. The lowest BCUT2D eigenvalue weighted by Crippen LogP contribution is -1.99. The molecule has 0 saturated heterocycles. The molecule has 7 heteroatoms. The fraction of sp³-hybridized carbons (Fsp3) is 0.143. The van der Waals surface area contributed by atoms with Gasteiger partial charge in [0.2, 0.25) is 0 Å². The molecule has 1 aromatic heterocycles. The van der Waals surface area contributed by atoms with Gasteiger partial charge in [-0.15, -0.1) is 5.10 Å². The number of benzene rings is 1. The molecule has 1 heterocycles. The number of anilines is 1. The molecule has 0 aliphatic heterocycles. The van der Waals surface area contributed by atoms with E-state index in [1.807, 2.05) is 6.92 Å². The summed E-state index contributed by atoms with van der Waals surface area (Å²) < 4.78 is 15.4. The maximum Gasteiger partial charge on any atom is 0.148 e. The van der Waals surface area contributed by atoms with E-state index >= 15 is 0 Å². The summed E-state index contributed by atoms with van der Waals surface area (Å²) >= 11 is 0. The minimum atomic E-state index is -0.521. The van der Waals surface area contributed by atoms with E-state index in [0.717, 1.165) is 18.3 Å². The standard InChI is InChI=1S/C14H11FN6/c1-2-11-9-21(20-19-11)12-3-4-14(13(15)5-12)18-8-10(6-16)7-17/h3-5,8-9,18H,2H2,1H3. The molecule has 0 bridgehead atoms. The molecular weight excluding hydrogens is 271 g/mol. The van der Waals surface area contributed by atoms with Crippen molar-refractivity contribution in [1.29, 1.82) is 10.5 Å². The van der Waals surface area contributed by atoms with Gasteiger partial charge in [-0.3, -0.25) is 0 Å². The Bertz CT molecular complexity index is 747. The second-order valence-electron chi connectivity index (χ2n) is 4.10. The average Bonchev–Trinajstić information content (AvgIpc) is 2.98. The molecule has 2 rings (SSSR count). The topological polar surface area (TPSA) is 90.3 Å². The zero-order valence-electron chi connectivity index (χ0n) is 11.2. The molecule has 1 N–H and O–H groups in total. The second-order valence-corrected chi connectivity index (χ2v) is 4.10. The maximum atomic E-state index is 14.0. The van der Waals surface area contributed by atoms with Crippen molar-refractivity contribution < 1.29 is 4.39 Å². The highest BCUT2D eigenvalue weighted by molar-refractivity contribution is 5.53. The molecule has 0 atom stereocenters. The van der Waals surface area contributed by atoms with Crippen molar-refractivity contribution in [2.75, 3.05) is 5.32 Å². The molecule has 0 unspecified atom stereocenters. The van der Waals surface area contributed by atoms with E-state index in [1.165, 1.54) is 16.8 Å². The van der Waals surface area contributed by atoms with Gasteiger partial charge < -0.3 is 5.32 Å². The van der Waals surface area contributed by atoms with Crippen molar-refractivity contribution in [3.05, 3.63) is 47.7 Å². The number of nitriles is 2. The SMILES string of the molecule is CCc1cn(-c2ccc(NC=C(C#N)C#N)c(F)c2)nn1. The maximum absolute atomic E-state index is 14.0. The Labute approximate surface area is 120 Å². The third-order valence-electron chi connectivity index (χ3n) is 2.73. The van der Waals surface area contributed by atoms with Crippen LogP contribution in [-0.2, 0) is 6.42 Å². The summed E-state index contributed by atoms with van der Waals surface area (Å²) in [6.45, 7) is 1.95. The molecule has 0 aliphatic carbocycles. The summed E-state index contributed by atoms with van der Waals surface area (Å²) in [4.78, 5) is 0. The Morgan fingerprint density at radius 2 is 2.19 bits per heavy atom. The normalized spacial score (nSPS) is 9.52. The van der Waals surface area contributed by atoms with Gasteiger partial charge in [0.1, 0.15) is 23.5 Å². The lowest BCUT2D eigenvalue weighted by molar-refractivity contribution is 0.628. The van der Waals surface area contributed by atoms with Gasteiger partial charge in [-0.2, -0.15) is 10.5 Å². The van der Waals surface area contributed by atoms with Crippen molar-refractivity contribution in [1.82, 2.24) is 15.0 Å². The fourth-order valence-corrected chi connectivity index (χ4v) is 1.59. The van der Waals surface area contributed by atoms with Crippen LogP contribution in [-0.4, -0.2) is 15.0 Å². The summed E-state index contributed by atoms with van der Waals surface area (Å²) in [5.74, 6) is -0.521. The molecule has 0 aliphatic rings. The highest BCUT2D eigenvalue weighted by atomic mass is 19.1. The lowest BCUT2D eigenvalue weighted by atomic mass is 10.2. The summed E-state index contributed by atoms with van der Waals surface area (Å²) in [5.41, 5.74) is 1.38. The monoisotopic (exact) mass is 282 g/mol. The molecule has 2 aromatic rings. The highest BCUT2D eigenvalue weighted by Gasteiger charge is 2.06. The molecule has 1 aromatic carbocycles. The molecule has 0 fully saturated rings. The van der Waals surface area contributed by atoms with Gasteiger partial charge in [0, 0.05) is 12.3 Å². The minimum Gasteiger partial charge on any atom is -0.357 e. The first kappa shape index (κ1) is 14.2. The van der Waals surface area contributed by atoms with E-state index in [2.05, 4.69) is 15.6 Å². The number of hydrogen-bond donors (Lipinski definition) is 1. The van der Waals surface area contributed by atoms with Crippen molar-refractivity contribution in [2.45, 2.75) is 13.3 Å². The number of hydrogen-bond acceptors (Lipinski definition) is 5. The minimum absolute atomic E-state index is 0.137. The molecular formula is C14H11FN6. The first-order valence-corrected chi connectivity index (χ1v) is 6.16. The molecule has 104 valence electrons. The van der Waals surface area contributed by atoms with Crippen molar-refractivity contribution in [2.24, 2.45) is 0 Å². The van der Waals surface area contributed by atoms with Crippen LogP contribution < -0.4 is 5.32 Å². The molecule has 0 spiro atoms. The Hall–Kier alpha value is -3.19. The molecule has 21 heavy (non-hydrogen) atoms. The number of nitrogens with zero attached hydrogens (tertiary/aromatic N) is 5. The number of nitrogens with one attached hydrogen (secondary N) is 1. The number of rotatable bonds is 4. The summed E-state index contributed by atoms with van der Waals surface area (Å²) in [5, 5.41) is 27.6. The third kappa shape index (κ3) is 3.23. The van der Waals surface area contributed by atoms with Gasteiger partial charge in [-0.1, -0.05) is 12.1 Å². The second kappa shape index (κ2) is 6.31. The van der Waals surface area contributed by atoms with Crippen LogP contribution >= 0.6 is 0 Å². The van der Waals surface area contributed by atoms with E-state index in [4.69, 9.17) is 10.5 Å². The van der Waals surface area contributed by atoms with Gasteiger partial charge in [-0.25, -0.2) is 9.07 Å². The zero-order valence-corrected chi connectivity index (χ0v) is 11.2. The van der Waals surface area contributed by atoms with E-state index < -0.39 is 5.82 Å². The summed E-state index contributed by atoms with van der Waals surface area (Å²) in [7, 11) is 0. The number of aryl methyl sites for hydroxylation is 1. The van der Waals surface area contributed by atoms with Gasteiger partial charge >= 0.3 is 0 Å². The highest BCUT2D eigenvalue weighted by Crippen LogP contribution is 2.18. The first-order valence-electron chi connectivity index (χ1n) is 6.16. The predicted octanol–water partition coefficient (Wildman–Crippen LogP) is 2.31. The van der Waals surface area contributed by atoms with Crippen molar-refractivity contribution in [3.8, 4) is 17.8 Å². The summed E-state index contributed by atoms with van der Waals surface area (Å²) in [6.07, 6.45) is 3.63. The predicted molar refractivity (Wildman–Crippen MR) is 73.6 cm³/mol. The van der Waals surface area contributed by atoms with Gasteiger partial charge in [0.25, 0.3) is 0 Å². The van der Waals surface area contributed by atoms with Gasteiger partial charge in [-0.05, 0) is 18.6 Å². The van der Waals surface area contributed by atoms with Crippen LogP contribution in [0.5, 0.6) is 0 Å². The third-order valence-corrected chi connectivity index (χ3v) is 2.73. The summed E-state index contributed by atoms with van der Waals surface area (Å²) in [6, 6.07) is 7.81. The van der Waals surface area contributed by atoms with E-state index in [-0.39, 0.29) is 11.3 Å². The van der Waals surface area contributed by atoms with Crippen LogP contribution in [0.1, 0.15) is 12.6 Å². The van der Waals surface area contributed by atoms with Gasteiger partial charge in [0.05, 0.1) is 23.3 Å². The van der Waals surface area contributed by atoms with Crippen LogP contribution in [0, 0.1) is 28.5 Å². The fourth-order valence-electron chi connectivity index (χ4n) is 1.59. The number of allylic oxidation sites excluding steroid dienone is 1. The van der Waals surface area contributed by atoms with E-state index in [9.17, 15) is 4.39 Å². The van der Waals surface area contributed by atoms with E-state index in [0.29, 0.717) is 5.69 Å². The zero-order chi connectivity index (χ0) is 15.2. The Morgan fingerprint density at radius 1 is 1.43 bits per heavy atom. The van der Waals surface area contributed by atoms with Crippen LogP contribution in [0.25, 0.3) is 5.69 Å². The lowest BCUT2D eigenvalue weighted by Gasteiger charge is -2.05. The average molecular weight is 282 g/mol. The quantitative estimate of drug-likeness (QED) is 0.869. The number of aromatic nitrogens is 3. The smallest absolute Gasteiger partial charge is 0.148 e. The first-order chi connectivity index (χ1) is 10.2. The largest absolute Gasteiger partial charge is 0.357 e. The molecule has 6 nitrogen and oxygen atoms in total.